The fourth-order valence-electron chi connectivity index (χ4n) is 2.20. The van der Waals surface area contributed by atoms with Crippen LogP contribution < -0.4 is 5.32 Å². The Morgan fingerprint density at radius 2 is 2.10 bits per heavy atom. The molecule has 0 aromatic rings. The van der Waals surface area contributed by atoms with Gasteiger partial charge in [0.05, 0.1) is 13.2 Å². The molecule has 1 N–H and O–H groups in total. The minimum atomic E-state index is -0.357. The number of rotatable bonds is 9. The fraction of sp³-hybridized carbons (Fsp3) is 0.857. The van der Waals surface area contributed by atoms with Crippen molar-refractivity contribution in [3.8, 4) is 0 Å². The highest BCUT2D eigenvalue weighted by molar-refractivity contribution is 5.89. The van der Waals surface area contributed by atoms with Gasteiger partial charge in [-0.2, -0.15) is 0 Å². The number of ether oxygens (including phenoxy) is 2. The van der Waals surface area contributed by atoms with E-state index in [4.69, 9.17) is 9.47 Å². The molecule has 2 amide bonds. The van der Waals surface area contributed by atoms with Gasteiger partial charge in [0.2, 0.25) is 11.8 Å². The van der Waals surface area contributed by atoms with Crippen molar-refractivity contribution in [2.45, 2.75) is 38.6 Å². The first-order valence-corrected chi connectivity index (χ1v) is 7.33. The SMILES string of the molecule is CCCC1NC(=O)CCN(CCCOCCOC)C1=O. The number of amides is 2. The zero-order valence-electron chi connectivity index (χ0n) is 12.5. The summed E-state index contributed by atoms with van der Waals surface area (Å²) < 4.78 is 10.3. The molecule has 1 unspecified atom stereocenters. The molecule has 1 atom stereocenters. The number of carbonyl (C=O) groups excluding carboxylic acids is 2. The van der Waals surface area contributed by atoms with Crippen molar-refractivity contribution in [3.63, 3.8) is 0 Å². The maximum absolute atomic E-state index is 12.3. The lowest BCUT2D eigenvalue weighted by Crippen LogP contribution is -2.45. The summed E-state index contributed by atoms with van der Waals surface area (Å²) in [5.41, 5.74) is 0. The van der Waals surface area contributed by atoms with Crippen molar-refractivity contribution < 1.29 is 19.1 Å². The van der Waals surface area contributed by atoms with Crippen LogP contribution in [0.2, 0.25) is 0 Å². The molecule has 1 aliphatic heterocycles. The Morgan fingerprint density at radius 1 is 1.30 bits per heavy atom. The topological polar surface area (TPSA) is 67.9 Å². The Bertz CT molecular complexity index is 310. The molecule has 1 rings (SSSR count). The summed E-state index contributed by atoms with van der Waals surface area (Å²) in [5, 5.41) is 2.80. The second-order valence-corrected chi connectivity index (χ2v) is 4.94. The molecule has 0 aliphatic carbocycles. The maximum atomic E-state index is 12.3. The molecular formula is C14H26N2O4. The minimum Gasteiger partial charge on any atom is -0.382 e. The monoisotopic (exact) mass is 286 g/mol. The van der Waals surface area contributed by atoms with Gasteiger partial charge in [-0.3, -0.25) is 9.59 Å². The predicted molar refractivity (Wildman–Crippen MR) is 75.3 cm³/mol. The Hall–Kier alpha value is -1.14. The number of methoxy groups -OCH3 is 1. The summed E-state index contributed by atoms with van der Waals surface area (Å²) in [6.45, 7) is 4.91. The lowest BCUT2D eigenvalue weighted by molar-refractivity contribution is -0.133. The molecular weight excluding hydrogens is 260 g/mol. The standard InChI is InChI=1S/C14H26N2O4/c1-3-5-12-14(18)16(8-6-13(17)15-12)7-4-9-20-11-10-19-2/h12H,3-11H2,1-2H3,(H,15,17). The van der Waals surface area contributed by atoms with Crippen LogP contribution in [0.1, 0.15) is 32.6 Å². The number of hydrogen-bond acceptors (Lipinski definition) is 4. The molecule has 1 aliphatic rings. The second-order valence-electron chi connectivity index (χ2n) is 4.94. The van der Waals surface area contributed by atoms with Crippen LogP contribution >= 0.6 is 0 Å². The van der Waals surface area contributed by atoms with Gasteiger partial charge in [0.25, 0.3) is 0 Å². The maximum Gasteiger partial charge on any atom is 0.245 e. The number of nitrogens with zero attached hydrogens (tertiary/aromatic N) is 1. The van der Waals surface area contributed by atoms with E-state index in [0.29, 0.717) is 45.8 Å². The summed E-state index contributed by atoms with van der Waals surface area (Å²) in [6.07, 6.45) is 2.75. The van der Waals surface area contributed by atoms with Crippen LogP contribution in [0.4, 0.5) is 0 Å². The Morgan fingerprint density at radius 3 is 2.80 bits per heavy atom. The average Bonchev–Trinajstić information content (AvgIpc) is 2.56. The first-order valence-electron chi connectivity index (χ1n) is 7.33. The van der Waals surface area contributed by atoms with E-state index in [2.05, 4.69) is 5.32 Å². The molecule has 0 radical (unpaired) electrons. The Kier molecular flexibility index (Phi) is 8.22. The molecule has 6 heteroatoms. The van der Waals surface area contributed by atoms with E-state index < -0.39 is 0 Å². The van der Waals surface area contributed by atoms with Crippen LogP contribution in [-0.4, -0.2) is 62.8 Å². The molecule has 0 spiro atoms. The van der Waals surface area contributed by atoms with Crippen molar-refractivity contribution in [1.82, 2.24) is 10.2 Å². The van der Waals surface area contributed by atoms with E-state index in [1.54, 1.807) is 12.0 Å². The number of nitrogens with one attached hydrogen (secondary N) is 1. The number of hydrogen-bond donors (Lipinski definition) is 1. The van der Waals surface area contributed by atoms with Crippen LogP contribution in [0.25, 0.3) is 0 Å². The third-order valence-corrected chi connectivity index (χ3v) is 3.28. The van der Waals surface area contributed by atoms with Crippen LogP contribution in [0.3, 0.4) is 0 Å². The second kappa shape index (κ2) is 9.72. The van der Waals surface area contributed by atoms with E-state index in [-0.39, 0.29) is 17.9 Å². The largest absolute Gasteiger partial charge is 0.382 e. The van der Waals surface area contributed by atoms with Crippen LogP contribution in [0.15, 0.2) is 0 Å². The molecule has 6 nitrogen and oxygen atoms in total. The van der Waals surface area contributed by atoms with Crippen molar-refractivity contribution >= 4 is 11.8 Å². The van der Waals surface area contributed by atoms with Gasteiger partial charge in [-0.15, -0.1) is 0 Å². The molecule has 1 saturated heterocycles. The zero-order valence-corrected chi connectivity index (χ0v) is 12.5. The summed E-state index contributed by atoms with van der Waals surface area (Å²) in [4.78, 5) is 25.7. The van der Waals surface area contributed by atoms with E-state index >= 15 is 0 Å². The van der Waals surface area contributed by atoms with Gasteiger partial charge < -0.3 is 19.7 Å². The number of carbonyl (C=O) groups is 2. The molecule has 0 aromatic heterocycles. The lowest BCUT2D eigenvalue weighted by atomic mass is 10.1. The quantitative estimate of drug-likeness (QED) is 0.629. The van der Waals surface area contributed by atoms with Crippen molar-refractivity contribution in [2.24, 2.45) is 0 Å². The predicted octanol–water partition coefficient (Wildman–Crippen LogP) is 0.557. The van der Waals surface area contributed by atoms with Crippen molar-refractivity contribution in [3.05, 3.63) is 0 Å². The Balaban J connectivity index is 2.34. The molecule has 1 fully saturated rings. The van der Waals surface area contributed by atoms with E-state index in [1.807, 2.05) is 6.92 Å². The highest BCUT2D eigenvalue weighted by Crippen LogP contribution is 2.09. The van der Waals surface area contributed by atoms with Crippen molar-refractivity contribution in [2.75, 3.05) is 40.0 Å². The van der Waals surface area contributed by atoms with Gasteiger partial charge in [-0.05, 0) is 12.8 Å². The summed E-state index contributed by atoms with van der Waals surface area (Å²) >= 11 is 0. The Labute approximate surface area is 120 Å². The smallest absolute Gasteiger partial charge is 0.245 e. The van der Waals surface area contributed by atoms with Crippen LogP contribution in [-0.2, 0) is 19.1 Å². The van der Waals surface area contributed by atoms with Crippen molar-refractivity contribution in [1.29, 1.82) is 0 Å². The zero-order chi connectivity index (χ0) is 14.8. The summed E-state index contributed by atoms with van der Waals surface area (Å²) in [5.74, 6) is 0.00485. The fourth-order valence-corrected chi connectivity index (χ4v) is 2.20. The highest BCUT2D eigenvalue weighted by Gasteiger charge is 2.28. The average molecular weight is 286 g/mol. The first kappa shape index (κ1) is 16.9. The molecule has 0 bridgehead atoms. The van der Waals surface area contributed by atoms with E-state index in [0.717, 1.165) is 12.8 Å². The third-order valence-electron chi connectivity index (χ3n) is 3.28. The van der Waals surface area contributed by atoms with Crippen LogP contribution in [0.5, 0.6) is 0 Å². The highest BCUT2D eigenvalue weighted by atomic mass is 16.5. The van der Waals surface area contributed by atoms with Gasteiger partial charge >= 0.3 is 0 Å². The van der Waals surface area contributed by atoms with E-state index in [1.165, 1.54) is 0 Å². The normalized spacial score (nSPS) is 19.9. The molecule has 1 heterocycles. The minimum absolute atomic E-state index is 0.0318. The molecule has 20 heavy (non-hydrogen) atoms. The van der Waals surface area contributed by atoms with Gasteiger partial charge in [-0.1, -0.05) is 13.3 Å². The summed E-state index contributed by atoms with van der Waals surface area (Å²) in [7, 11) is 1.64. The van der Waals surface area contributed by atoms with Gasteiger partial charge in [-0.25, -0.2) is 0 Å². The third kappa shape index (κ3) is 5.88. The van der Waals surface area contributed by atoms with Crippen LogP contribution in [0, 0.1) is 0 Å². The first-order chi connectivity index (χ1) is 9.69. The summed E-state index contributed by atoms with van der Waals surface area (Å²) in [6, 6.07) is -0.357. The lowest BCUT2D eigenvalue weighted by Gasteiger charge is -2.23. The molecule has 116 valence electrons. The van der Waals surface area contributed by atoms with Gasteiger partial charge in [0, 0.05) is 33.2 Å². The van der Waals surface area contributed by atoms with Gasteiger partial charge in [0.1, 0.15) is 6.04 Å². The molecule has 0 aromatic carbocycles. The van der Waals surface area contributed by atoms with Gasteiger partial charge in [0.15, 0.2) is 0 Å². The molecule has 0 saturated carbocycles. The van der Waals surface area contributed by atoms with E-state index in [9.17, 15) is 9.59 Å².